The maximum absolute atomic E-state index is 12.0. The molecule has 1 unspecified atom stereocenters. The maximum atomic E-state index is 12.0. The van der Waals surface area contributed by atoms with Gasteiger partial charge in [0, 0.05) is 18.3 Å². The number of anilines is 1. The summed E-state index contributed by atoms with van der Waals surface area (Å²) < 4.78 is 32.0. The fraction of sp³-hybridized carbons (Fsp3) is 0.571. The Morgan fingerprint density at radius 1 is 1.43 bits per heavy atom. The summed E-state index contributed by atoms with van der Waals surface area (Å²) in [4.78, 5) is 0. The van der Waals surface area contributed by atoms with Gasteiger partial charge < -0.3 is 10.5 Å². The van der Waals surface area contributed by atoms with Crippen molar-refractivity contribution >= 4 is 28.1 Å². The van der Waals surface area contributed by atoms with Gasteiger partial charge in [-0.25, -0.2) is 13.1 Å². The number of hydrogen-bond acceptors (Lipinski definition) is 4. The van der Waals surface area contributed by atoms with E-state index in [0.29, 0.717) is 6.61 Å². The molecular weight excluding hydrogens is 312 g/mol. The molecule has 5 nitrogen and oxygen atoms in total. The first-order valence-corrected chi connectivity index (χ1v) is 8.63. The number of nitrogens with two attached hydrogens (primary N) is 1. The molecule has 2 rings (SSSR count). The molecule has 0 amide bonds. The summed E-state index contributed by atoms with van der Waals surface area (Å²) in [6.45, 7) is 2.61. The number of benzene rings is 1. The third kappa shape index (κ3) is 5.14. The fourth-order valence-corrected chi connectivity index (χ4v) is 3.68. The molecule has 0 spiro atoms. The van der Waals surface area contributed by atoms with Gasteiger partial charge in [0.15, 0.2) is 0 Å². The Morgan fingerprint density at radius 2 is 2.19 bits per heavy atom. The zero-order chi connectivity index (χ0) is 14.6. The van der Waals surface area contributed by atoms with Crippen LogP contribution in [0.15, 0.2) is 18.2 Å². The van der Waals surface area contributed by atoms with Crippen molar-refractivity contribution in [3.05, 3.63) is 29.3 Å². The lowest BCUT2D eigenvalue weighted by Gasteiger charge is -2.26. The average Bonchev–Trinajstić information content (AvgIpc) is 2.38. The first-order chi connectivity index (χ1) is 9.52. The van der Waals surface area contributed by atoms with Gasteiger partial charge in [-0.1, -0.05) is 6.07 Å². The minimum atomic E-state index is -3.31. The topological polar surface area (TPSA) is 81.4 Å². The molecule has 0 saturated carbocycles. The van der Waals surface area contributed by atoms with Crippen molar-refractivity contribution < 1.29 is 13.2 Å². The van der Waals surface area contributed by atoms with E-state index in [9.17, 15) is 8.42 Å². The highest BCUT2D eigenvalue weighted by atomic mass is 35.5. The molecule has 120 valence electrons. The van der Waals surface area contributed by atoms with Gasteiger partial charge in [0.2, 0.25) is 10.0 Å². The third-order valence-corrected chi connectivity index (χ3v) is 4.85. The molecule has 0 saturated heterocycles. The summed E-state index contributed by atoms with van der Waals surface area (Å²) in [6.07, 6.45) is 2.75. The molecule has 1 aliphatic carbocycles. The minimum Gasteiger partial charge on any atom is -0.399 e. The smallest absolute Gasteiger partial charge is 0.214 e. The van der Waals surface area contributed by atoms with Gasteiger partial charge in [-0.3, -0.25) is 0 Å². The molecule has 1 atom stereocenters. The third-order valence-electron chi connectivity index (χ3n) is 3.50. The largest absolute Gasteiger partial charge is 0.399 e. The molecule has 0 bridgehead atoms. The van der Waals surface area contributed by atoms with Gasteiger partial charge in [-0.2, -0.15) is 0 Å². The van der Waals surface area contributed by atoms with Crippen LogP contribution in [-0.4, -0.2) is 27.4 Å². The first-order valence-electron chi connectivity index (χ1n) is 6.98. The lowest BCUT2D eigenvalue weighted by molar-refractivity contribution is 0.163. The first kappa shape index (κ1) is 18.2. The van der Waals surface area contributed by atoms with Crippen molar-refractivity contribution in [3.8, 4) is 0 Å². The number of nitrogen functional groups attached to an aromatic ring is 1. The van der Waals surface area contributed by atoms with Crippen LogP contribution in [0, 0.1) is 0 Å². The summed E-state index contributed by atoms with van der Waals surface area (Å²) in [5, 5.41) is 0. The molecule has 1 aromatic rings. The van der Waals surface area contributed by atoms with E-state index in [2.05, 4.69) is 4.72 Å². The number of sulfonamides is 1. The van der Waals surface area contributed by atoms with Crippen molar-refractivity contribution in [2.24, 2.45) is 0 Å². The van der Waals surface area contributed by atoms with Crippen LogP contribution in [0.25, 0.3) is 0 Å². The lowest BCUT2D eigenvalue weighted by atomic mass is 9.88. The molecule has 0 fully saturated rings. The van der Waals surface area contributed by atoms with E-state index in [-0.39, 0.29) is 30.8 Å². The number of nitrogens with one attached hydrogen (secondary N) is 1. The zero-order valence-electron chi connectivity index (χ0n) is 12.2. The van der Waals surface area contributed by atoms with E-state index in [4.69, 9.17) is 10.5 Å². The number of rotatable bonds is 6. The van der Waals surface area contributed by atoms with E-state index < -0.39 is 10.0 Å². The second-order valence-corrected chi connectivity index (χ2v) is 6.91. The average molecular weight is 335 g/mol. The Kier molecular flexibility index (Phi) is 6.93. The lowest BCUT2D eigenvalue weighted by Crippen LogP contribution is -2.34. The van der Waals surface area contributed by atoms with Crippen LogP contribution in [-0.2, 0) is 21.2 Å². The SMILES string of the molecule is CCOCCS(=O)(=O)NC1CCCc2cc(N)ccc21.Cl. The van der Waals surface area contributed by atoms with E-state index in [0.717, 1.165) is 36.1 Å². The van der Waals surface area contributed by atoms with Crippen molar-refractivity contribution in [1.82, 2.24) is 4.72 Å². The molecule has 21 heavy (non-hydrogen) atoms. The minimum absolute atomic E-state index is 0. The van der Waals surface area contributed by atoms with Crippen LogP contribution in [0.5, 0.6) is 0 Å². The number of aryl methyl sites for hydroxylation is 1. The molecule has 0 heterocycles. The summed E-state index contributed by atoms with van der Waals surface area (Å²) in [5.41, 5.74) is 8.70. The van der Waals surface area contributed by atoms with Crippen LogP contribution in [0.2, 0.25) is 0 Å². The summed E-state index contributed by atoms with van der Waals surface area (Å²) >= 11 is 0. The van der Waals surface area contributed by atoms with Crippen LogP contribution in [0.4, 0.5) is 5.69 Å². The van der Waals surface area contributed by atoms with E-state index in [1.54, 1.807) is 0 Å². The molecule has 0 aliphatic heterocycles. The Bertz CT molecular complexity index is 563. The number of ether oxygens (including phenoxy) is 1. The predicted octanol–water partition coefficient (Wildman–Crippen LogP) is 2.02. The molecular formula is C14H23ClN2O3S. The Hall–Kier alpha value is -0.820. The van der Waals surface area contributed by atoms with E-state index >= 15 is 0 Å². The molecule has 3 N–H and O–H groups in total. The fourth-order valence-electron chi connectivity index (χ4n) is 2.55. The van der Waals surface area contributed by atoms with Gasteiger partial charge in [-0.05, 0) is 49.4 Å². The Balaban J connectivity index is 0.00000220. The molecule has 0 aromatic heterocycles. The second kappa shape index (κ2) is 7.98. The normalized spacial score (nSPS) is 17.9. The predicted molar refractivity (Wildman–Crippen MR) is 87.2 cm³/mol. The zero-order valence-corrected chi connectivity index (χ0v) is 13.8. The second-order valence-electron chi connectivity index (χ2n) is 5.04. The van der Waals surface area contributed by atoms with Crippen LogP contribution < -0.4 is 10.5 Å². The van der Waals surface area contributed by atoms with Gasteiger partial charge >= 0.3 is 0 Å². The van der Waals surface area contributed by atoms with Crippen molar-refractivity contribution in [1.29, 1.82) is 0 Å². The quantitative estimate of drug-likeness (QED) is 0.616. The van der Waals surface area contributed by atoms with Crippen molar-refractivity contribution in [3.63, 3.8) is 0 Å². The summed E-state index contributed by atoms with van der Waals surface area (Å²) in [6, 6.07) is 5.55. The number of halogens is 1. The number of fused-ring (bicyclic) bond motifs is 1. The van der Waals surface area contributed by atoms with Crippen molar-refractivity contribution in [2.75, 3.05) is 24.7 Å². The van der Waals surface area contributed by atoms with Crippen LogP contribution in [0.1, 0.15) is 36.9 Å². The van der Waals surface area contributed by atoms with Crippen LogP contribution in [0.3, 0.4) is 0 Å². The number of hydrogen-bond donors (Lipinski definition) is 2. The Labute approximate surface area is 132 Å². The van der Waals surface area contributed by atoms with Crippen molar-refractivity contribution in [2.45, 2.75) is 32.2 Å². The van der Waals surface area contributed by atoms with Gasteiger partial charge in [0.05, 0.1) is 12.4 Å². The standard InChI is InChI=1S/C14H22N2O3S.ClH/c1-2-19-8-9-20(17,18)16-14-5-3-4-11-10-12(15)6-7-13(11)14;/h6-7,10,14,16H,2-5,8-9,15H2,1H3;1H. The van der Waals surface area contributed by atoms with E-state index in [1.165, 1.54) is 0 Å². The van der Waals surface area contributed by atoms with Gasteiger partial charge in [-0.15, -0.1) is 12.4 Å². The summed E-state index contributed by atoms with van der Waals surface area (Å²) in [7, 11) is -3.31. The monoisotopic (exact) mass is 334 g/mol. The highest BCUT2D eigenvalue weighted by Gasteiger charge is 2.24. The van der Waals surface area contributed by atoms with Crippen LogP contribution >= 0.6 is 12.4 Å². The van der Waals surface area contributed by atoms with E-state index in [1.807, 2.05) is 25.1 Å². The molecule has 7 heteroatoms. The van der Waals surface area contributed by atoms with Gasteiger partial charge in [0.1, 0.15) is 0 Å². The highest BCUT2D eigenvalue weighted by Crippen LogP contribution is 2.31. The summed E-state index contributed by atoms with van der Waals surface area (Å²) in [5.74, 6) is 0.00163. The maximum Gasteiger partial charge on any atom is 0.214 e. The highest BCUT2D eigenvalue weighted by molar-refractivity contribution is 7.89. The Morgan fingerprint density at radius 3 is 2.90 bits per heavy atom. The molecule has 1 aliphatic rings. The molecule has 1 aromatic carbocycles. The van der Waals surface area contributed by atoms with Gasteiger partial charge in [0.25, 0.3) is 0 Å². The molecule has 0 radical (unpaired) electrons.